The molecule has 242 valence electrons. The fourth-order valence-electron chi connectivity index (χ4n) is 5.78. The number of benzene rings is 4. The molecule has 1 aliphatic rings. The van der Waals surface area contributed by atoms with Crippen molar-refractivity contribution in [2.75, 3.05) is 13.6 Å². The number of aliphatic hydroxyl groups is 1. The molecule has 4 atom stereocenters. The lowest BCUT2D eigenvalue weighted by Gasteiger charge is -2.39. The summed E-state index contributed by atoms with van der Waals surface area (Å²) in [6.07, 6.45) is 0.473. The van der Waals surface area contributed by atoms with E-state index in [2.05, 4.69) is 66.7 Å². The molecule has 1 heterocycles. The van der Waals surface area contributed by atoms with Crippen LogP contribution in [0.2, 0.25) is 0 Å². The van der Waals surface area contributed by atoms with Gasteiger partial charge in [-0.2, -0.15) is 0 Å². The first-order valence-corrected chi connectivity index (χ1v) is 15.8. The van der Waals surface area contributed by atoms with E-state index >= 15 is 0 Å². The Bertz CT molecular complexity index is 1590. The van der Waals surface area contributed by atoms with Gasteiger partial charge in [0.2, 0.25) is 11.8 Å². The standard InChI is InChI=1S/C37H43N3O6/c1-25(31-19-18-28-6-3-4-7-32(28)20-31)40(2)23-33-21-34(29-14-12-27(24-41)13-15-29)46-37(45-33)30-16-10-26(11-17-30)22-38-35(42)8-5-9-36(43)39-44/h3-4,6-7,10-20,25,33-34,37,41,44H,5,8-9,21-24H2,1-2H3,(H,38,42)(H,39,43). The molecule has 0 aromatic heterocycles. The number of hydrogen-bond acceptors (Lipinski definition) is 7. The highest BCUT2D eigenvalue weighted by atomic mass is 16.7. The van der Waals surface area contributed by atoms with Gasteiger partial charge in [-0.1, -0.05) is 84.9 Å². The molecule has 1 saturated heterocycles. The van der Waals surface area contributed by atoms with Crippen LogP contribution in [0, 0.1) is 0 Å². The first-order chi connectivity index (χ1) is 22.3. The SMILES string of the molecule is CC(c1ccc2ccccc2c1)N(C)CC1CC(c2ccc(CO)cc2)OC(c2ccc(CNC(=O)CCCC(=O)NO)cc2)O1. The first kappa shape index (κ1) is 33.2. The molecule has 0 saturated carbocycles. The summed E-state index contributed by atoms with van der Waals surface area (Å²) in [5.74, 6) is -0.665. The molecule has 0 aliphatic carbocycles. The molecule has 4 aromatic rings. The van der Waals surface area contributed by atoms with Crippen LogP contribution in [0.1, 0.15) is 78.9 Å². The number of ether oxygens (including phenoxy) is 2. The molecule has 0 bridgehead atoms. The van der Waals surface area contributed by atoms with Gasteiger partial charge in [-0.25, -0.2) is 5.48 Å². The lowest BCUT2D eigenvalue weighted by molar-refractivity contribution is -0.253. The third kappa shape index (κ3) is 8.78. The monoisotopic (exact) mass is 625 g/mol. The van der Waals surface area contributed by atoms with Crippen molar-refractivity contribution >= 4 is 22.6 Å². The number of nitrogens with zero attached hydrogens (tertiary/aromatic N) is 1. The number of carbonyl (C=O) groups is 2. The lowest BCUT2D eigenvalue weighted by atomic mass is 9.98. The molecule has 46 heavy (non-hydrogen) atoms. The Kier molecular flexibility index (Phi) is 11.5. The van der Waals surface area contributed by atoms with E-state index in [-0.39, 0.29) is 43.6 Å². The van der Waals surface area contributed by atoms with Crippen molar-refractivity contribution in [2.24, 2.45) is 0 Å². The van der Waals surface area contributed by atoms with Crippen LogP contribution in [0.3, 0.4) is 0 Å². The summed E-state index contributed by atoms with van der Waals surface area (Å²) in [7, 11) is 2.13. The summed E-state index contributed by atoms with van der Waals surface area (Å²) in [6, 6.07) is 30.9. The van der Waals surface area contributed by atoms with E-state index in [1.807, 2.05) is 48.5 Å². The summed E-state index contributed by atoms with van der Waals surface area (Å²) in [5.41, 5.74) is 6.53. The van der Waals surface area contributed by atoms with E-state index in [4.69, 9.17) is 14.7 Å². The largest absolute Gasteiger partial charge is 0.392 e. The number of fused-ring (bicyclic) bond motifs is 1. The van der Waals surface area contributed by atoms with Crippen LogP contribution in [-0.4, -0.2) is 46.7 Å². The molecule has 0 spiro atoms. The number of rotatable bonds is 13. The number of likely N-dealkylation sites (N-methyl/N-ethyl adjacent to an activating group) is 1. The summed E-state index contributed by atoms with van der Waals surface area (Å²) in [5, 5.41) is 23.4. The fraction of sp³-hybridized carbons (Fsp3) is 0.351. The van der Waals surface area contributed by atoms with Crippen molar-refractivity contribution in [3.63, 3.8) is 0 Å². The van der Waals surface area contributed by atoms with Gasteiger partial charge < -0.3 is 19.9 Å². The van der Waals surface area contributed by atoms with Crippen LogP contribution >= 0.6 is 0 Å². The minimum absolute atomic E-state index is 0.00864. The molecule has 1 fully saturated rings. The average Bonchev–Trinajstić information content (AvgIpc) is 3.10. The Labute approximate surface area is 270 Å². The molecular formula is C37H43N3O6. The highest BCUT2D eigenvalue weighted by molar-refractivity contribution is 5.83. The van der Waals surface area contributed by atoms with Gasteiger partial charge in [0.25, 0.3) is 0 Å². The molecule has 0 radical (unpaired) electrons. The molecule has 1 aliphatic heterocycles. The summed E-state index contributed by atoms with van der Waals surface area (Å²) in [6.45, 7) is 3.28. The molecule has 9 heteroatoms. The normalized spacial score (nSPS) is 18.8. The van der Waals surface area contributed by atoms with Crippen LogP contribution < -0.4 is 10.8 Å². The molecule has 4 aromatic carbocycles. The number of carbonyl (C=O) groups excluding carboxylic acids is 2. The van der Waals surface area contributed by atoms with Crippen molar-refractivity contribution in [1.29, 1.82) is 0 Å². The second-order valence-corrected chi connectivity index (χ2v) is 12.0. The van der Waals surface area contributed by atoms with Crippen LogP contribution in [0.15, 0.2) is 91.0 Å². The second kappa shape index (κ2) is 15.9. The number of nitrogens with one attached hydrogen (secondary N) is 2. The Balaban J connectivity index is 1.25. The van der Waals surface area contributed by atoms with Crippen molar-refractivity contribution < 1.29 is 29.4 Å². The summed E-state index contributed by atoms with van der Waals surface area (Å²) in [4.78, 5) is 25.6. The van der Waals surface area contributed by atoms with Crippen LogP contribution in [0.25, 0.3) is 10.8 Å². The average molecular weight is 626 g/mol. The van der Waals surface area contributed by atoms with Gasteiger partial charge in [-0.05, 0) is 59.5 Å². The van der Waals surface area contributed by atoms with E-state index in [0.717, 1.165) is 22.3 Å². The Morgan fingerprint density at radius 3 is 2.26 bits per heavy atom. The quantitative estimate of drug-likeness (QED) is 0.109. The van der Waals surface area contributed by atoms with Gasteiger partial charge in [-0.15, -0.1) is 0 Å². The molecule has 4 unspecified atom stereocenters. The highest BCUT2D eigenvalue weighted by Crippen LogP contribution is 2.38. The van der Waals surface area contributed by atoms with E-state index < -0.39 is 12.2 Å². The minimum atomic E-state index is -0.577. The topological polar surface area (TPSA) is 120 Å². The smallest absolute Gasteiger partial charge is 0.243 e. The summed E-state index contributed by atoms with van der Waals surface area (Å²) >= 11 is 0. The lowest BCUT2D eigenvalue weighted by Crippen LogP contribution is -2.38. The minimum Gasteiger partial charge on any atom is -0.392 e. The van der Waals surface area contributed by atoms with Crippen molar-refractivity contribution in [1.82, 2.24) is 15.7 Å². The van der Waals surface area contributed by atoms with Gasteiger partial charge in [0.1, 0.15) is 0 Å². The van der Waals surface area contributed by atoms with Gasteiger partial charge in [0, 0.05) is 44.0 Å². The fourth-order valence-corrected chi connectivity index (χ4v) is 5.78. The maximum absolute atomic E-state index is 12.2. The first-order valence-electron chi connectivity index (χ1n) is 15.8. The molecule has 5 rings (SSSR count). The predicted octanol–water partition coefficient (Wildman–Crippen LogP) is 5.86. The zero-order chi connectivity index (χ0) is 32.5. The van der Waals surface area contributed by atoms with Crippen molar-refractivity contribution in [2.45, 2.75) is 70.3 Å². The molecule has 9 nitrogen and oxygen atoms in total. The zero-order valence-corrected chi connectivity index (χ0v) is 26.4. The van der Waals surface area contributed by atoms with E-state index in [9.17, 15) is 14.7 Å². The zero-order valence-electron chi connectivity index (χ0n) is 26.4. The number of hydroxylamine groups is 1. The maximum atomic E-state index is 12.2. The Morgan fingerprint density at radius 2 is 1.54 bits per heavy atom. The number of amides is 2. The molecular weight excluding hydrogens is 582 g/mol. The van der Waals surface area contributed by atoms with Gasteiger partial charge in [0.05, 0.1) is 18.8 Å². The van der Waals surface area contributed by atoms with Gasteiger partial charge in [0.15, 0.2) is 6.29 Å². The van der Waals surface area contributed by atoms with Gasteiger partial charge >= 0.3 is 0 Å². The molecule has 4 N–H and O–H groups in total. The Morgan fingerprint density at radius 1 is 0.870 bits per heavy atom. The van der Waals surface area contributed by atoms with Crippen molar-refractivity contribution in [3.8, 4) is 0 Å². The molecule has 2 amide bonds. The van der Waals surface area contributed by atoms with Crippen LogP contribution in [0.5, 0.6) is 0 Å². The van der Waals surface area contributed by atoms with Crippen molar-refractivity contribution in [3.05, 3.63) is 119 Å². The third-order valence-electron chi connectivity index (χ3n) is 8.70. The third-order valence-corrected chi connectivity index (χ3v) is 8.70. The van der Waals surface area contributed by atoms with E-state index in [1.165, 1.54) is 16.3 Å². The maximum Gasteiger partial charge on any atom is 0.243 e. The Hall–Kier alpha value is -4.12. The van der Waals surface area contributed by atoms with Crippen LogP contribution in [0.4, 0.5) is 0 Å². The second-order valence-electron chi connectivity index (χ2n) is 12.0. The van der Waals surface area contributed by atoms with E-state index in [0.29, 0.717) is 25.9 Å². The van der Waals surface area contributed by atoms with E-state index in [1.54, 1.807) is 5.48 Å². The highest BCUT2D eigenvalue weighted by Gasteiger charge is 2.33. The van der Waals surface area contributed by atoms with Gasteiger partial charge in [-0.3, -0.25) is 19.7 Å². The number of aliphatic hydroxyl groups excluding tert-OH is 1. The summed E-state index contributed by atoms with van der Waals surface area (Å²) < 4.78 is 13.1. The predicted molar refractivity (Wildman–Crippen MR) is 175 cm³/mol. The number of hydrogen-bond donors (Lipinski definition) is 4. The van der Waals surface area contributed by atoms with Crippen LogP contribution in [-0.2, 0) is 32.2 Å².